The summed E-state index contributed by atoms with van der Waals surface area (Å²) in [4.78, 5) is 12.6. The van der Waals surface area contributed by atoms with E-state index in [4.69, 9.17) is 5.73 Å². The van der Waals surface area contributed by atoms with Crippen LogP contribution in [0.25, 0.3) is 0 Å². The lowest BCUT2D eigenvalue weighted by molar-refractivity contribution is -0.217. The van der Waals surface area contributed by atoms with Gasteiger partial charge in [-0.05, 0) is 44.8 Å². The summed E-state index contributed by atoms with van der Waals surface area (Å²) < 4.78 is 39.6. The highest BCUT2D eigenvalue weighted by Gasteiger charge is 2.53. The molecule has 1 saturated carbocycles. The van der Waals surface area contributed by atoms with Gasteiger partial charge in [0.05, 0.1) is 6.04 Å². The van der Waals surface area contributed by atoms with Crippen molar-refractivity contribution >= 4 is 5.91 Å². The lowest BCUT2D eigenvalue weighted by Crippen LogP contribution is -2.57. The molecule has 0 radical (unpaired) electrons. The molecule has 1 aliphatic heterocycles. The van der Waals surface area contributed by atoms with Crippen LogP contribution in [0.15, 0.2) is 23.9 Å². The molecule has 1 fully saturated rings. The third kappa shape index (κ3) is 2.43. The van der Waals surface area contributed by atoms with Gasteiger partial charge in [-0.15, -0.1) is 0 Å². The van der Waals surface area contributed by atoms with E-state index in [0.717, 1.165) is 5.57 Å². The Balaban J connectivity index is 2.24. The Morgan fingerprint density at radius 3 is 2.55 bits per heavy atom. The van der Waals surface area contributed by atoms with Crippen molar-refractivity contribution in [1.82, 2.24) is 4.90 Å². The number of nitrogens with two attached hydrogens (primary N) is 1. The summed E-state index contributed by atoms with van der Waals surface area (Å²) in [7, 11) is 0. The van der Waals surface area contributed by atoms with Crippen LogP contribution in [0.1, 0.15) is 33.1 Å². The number of hydrogen-bond acceptors (Lipinski definition) is 2. The Labute approximate surface area is 116 Å². The summed E-state index contributed by atoms with van der Waals surface area (Å²) in [6.07, 6.45) is 2.10. The molecular formula is C14H19F3N2O. The Hall–Kier alpha value is -1.46. The molecule has 2 rings (SSSR count). The largest absolute Gasteiger partial charge is 0.411 e. The van der Waals surface area contributed by atoms with E-state index in [1.165, 1.54) is 24.9 Å². The smallest absolute Gasteiger partial charge is 0.369 e. The minimum Gasteiger partial charge on any atom is -0.369 e. The Bertz CT molecular complexity index is 466. The van der Waals surface area contributed by atoms with Gasteiger partial charge in [0, 0.05) is 12.1 Å². The Kier molecular flexibility index (Phi) is 3.60. The molecule has 2 N–H and O–H groups in total. The third-order valence-electron chi connectivity index (χ3n) is 4.33. The second-order valence-electron chi connectivity index (χ2n) is 5.94. The van der Waals surface area contributed by atoms with Crippen LogP contribution >= 0.6 is 0 Å². The highest BCUT2D eigenvalue weighted by Crippen LogP contribution is 2.42. The monoisotopic (exact) mass is 288 g/mol. The molecule has 0 aromatic heterocycles. The van der Waals surface area contributed by atoms with Crippen LogP contribution in [0.4, 0.5) is 13.2 Å². The van der Waals surface area contributed by atoms with E-state index < -0.39 is 11.7 Å². The van der Waals surface area contributed by atoms with Crippen LogP contribution in [0.2, 0.25) is 0 Å². The van der Waals surface area contributed by atoms with E-state index in [-0.39, 0.29) is 17.9 Å². The summed E-state index contributed by atoms with van der Waals surface area (Å²) in [5.74, 6) is -0.639. The minimum atomic E-state index is -4.32. The van der Waals surface area contributed by atoms with Crippen LogP contribution in [-0.4, -0.2) is 28.6 Å². The predicted molar refractivity (Wildman–Crippen MR) is 69.5 cm³/mol. The number of allylic oxidation sites excluding steroid dienone is 2. The highest BCUT2D eigenvalue weighted by molar-refractivity contribution is 5.77. The molecule has 0 bridgehead atoms. The number of amides is 1. The van der Waals surface area contributed by atoms with Crippen LogP contribution in [-0.2, 0) is 4.79 Å². The van der Waals surface area contributed by atoms with Gasteiger partial charge in [-0.3, -0.25) is 4.79 Å². The van der Waals surface area contributed by atoms with Crippen molar-refractivity contribution in [3.63, 3.8) is 0 Å². The SMILES string of the molecule is CC(C)(N1C=CC=C2CC(C(N)=O)CCC21)C(F)(F)F. The zero-order valence-electron chi connectivity index (χ0n) is 11.6. The Morgan fingerprint density at radius 1 is 1.35 bits per heavy atom. The number of carbonyl (C=O) groups is 1. The van der Waals surface area contributed by atoms with Gasteiger partial charge in [0.15, 0.2) is 0 Å². The van der Waals surface area contributed by atoms with Crippen molar-refractivity contribution in [2.45, 2.75) is 50.9 Å². The molecule has 112 valence electrons. The summed E-state index contributed by atoms with van der Waals surface area (Å²) >= 11 is 0. The number of halogens is 3. The van der Waals surface area contributed by atoms with Gasteiger partial charge >= 0.3 is 6.18 Å². The zero-order valence-corrected chi connectivity index (χ0v) is 11.6. The van der Waals surface area contributed by atoms with Crippen molar-refractivity contribution in [2.24, 2.45) is 11.7 Å². The molecule has 2 unspecified atom stereocenters. The number of rotatable bonds is 2. The van der Waals surface area contributed by atoms with Gasteiger partial charge < -0.3 is 10.6 Å². The minimum absolute atomic E-state index is 0.264. The molecule has 3 nitrogen and oxygen atoms in total. The first-order valence-corrected chi connectivity index (χ1v) is 6.66. The van der Waals surface area contributed by atoms with E-state index in [9.17, 15) is 18.0 Å². The fraction of sp³-hybridized carbons (Fsp3) is 0.643. The zero-order chi connectivity index (χ0) is 15.1. The first-order chi connectivity index (χ1) is 9.14. The number of fused-ring (bicyclic) bond motifs is 1. The van der Waals surface area contributed by atoms with Gasteiger partial charge in [0.1, 0.15) is 5.54 Å². The van der Waals surface area contributed by atoms with E-state index in [2.05, 4.69) is 0 Å². The van der Waals surface area contributed by atoms with Crippen LogP contribution in [0.5, 0.6) is 0 Å². The van der Waals surface area contributed by atoms with Crippen molar-refractivity contribution in [1.29, 1.82) is 0 Å². The fourth-order valence-electron chi connectivity index (χ4n) is 2.89. The molecule has 1 amide bonds. The molecule has 2 aliphatic rings. The van der Waals surface area contributed by atoms with Crippen molar-refractivity contribution in [3.8, 4) is 0 Å². The first kappa shape index (κ1) is 14.9. The molecule has 1 heterocycles. The predicted octanol–water partition coefficient (Wildman–Crippen LogP) is 2.74. The first-order valence-electron chi connectivity index (χ1n) is 6.66. The number of alkyl halides is 3. The van der Waals surface area contributed by atoms with Gasteiger partial charge in [-0.25, -0.2) is 0 Å². The fourth-order valence-corrected chi connectivity index (χ4v) is 2.89. The number of nitrogens with zero attached hydrogens (tertiary/aromatic N) is 1. The van der Waals surface area contributed by atoms with E-state index in [0.29, 0.717) is 19.3 Å². The standard InChI is InChI=1S/C14H19F3N2O/c1-13(2,14(15,16)17)19-7-3-4-9-8-10(12(18)20)5-6-11(9)19/h3-4,7,10-11H,5-6,8H2,1-2H3,(H2,18,20). The van der Waals surface area contributed by atoms with E-state index >= 15 is 0 Å². The van der Waals surface area contributed by atoms with Crippen LogP contribution in [0.3, 0.4) is 0 Å². The third-order valence-corrected chi connectivity index (χ3v) is 4.33. The van der Waals surface area contributed by atoms with Crippen molar-refractivity contribution < 1.29 is 18.0 Å². The lowest BCUT2D eigenvalue weighted by Gasteiger charge is -2.48. The average molecular weight is 288 g/mol. The molecule has 2 atom stereocenters. The summed E-state index contributed by atoms with van der Waals surface area (Å²) in [5, 5.41) is 0. The maximum atomic E-state index is 13.2. The van der Waals surface area contributed by atoms with E-state index in [1.54, 1.807) is 6.08 Å². The topological polar surface area (TPSA) is 46.3 Å². The van der Waals surface area contributed by atoms with Crippen LogP contribution in [0, 0.1) is 5.92 Å². The second kappa shape index (κ2) is 4.82. The van der Waals surface area contributed by atoms with Gasteiger partial charge in [-0.2, -0.15) is 13.2 Å². The number of hydrogen-bond donors (Lipinski definition) is 1. The summed E-state index contributed by atoms with van der Waals surface area (Å²) in [6.45, 7) is 2.36. The summed E-state index contributed by atoms with van der Waals surface area (Å²) in [5.41, 5.74) is 4.22. The molecule has 0 aromatic rings. The normalized spacial score (nSPS) is 27.1. The average Bonchev–Trinajstić information content (AvgIpc) is 2.35. The summed E-state index contributed by atoms with van der Waals surface area (Å²) in [6, 6.07) is -0.299. The molecule has 1 aliphatic carbocycles. The second-order valence-corrected chi connectivity index (χ2v) is 5.94. The number of carbonyl (C=O) groups excluding carboxylic acids is 1. The quantitative estimate of drug-likeness (QED) is 0.849. The van der Waals surface area contributed by atoms with Crippen molar-refractivity contribution in [2.75, 3.05) is 0 Å². The molecule has 6 heteroatoms. The Morgan fingerprint density at radius 2 is 2.00 bits per heavy atom. The van der Waals surface area contributed by atoms with Gasteiger partial charge in [0.25, 0.3) is 0 Å². The lowest BCUT2D eigenvalue weighted by atomic mass is 9.78. The molecule has 0 spiro atoms. The molecular weight excluding hydrogens is 269 g/mol. The van der Waals surface area contributed by atoms with E-state index in [1.807, 2.05) is 6.08 Å². The molecule has 0 saturated heterocycles. The molecule has 20 heavy (non-hydrogen) atoms. The van der Waals surface area contributed by atoms with Gasteiger partial charge in [-0.1, -0.05) is 6.08 Å². The van der Waals surface area contributed by atoms with Crippen LogP contribution < -0.4 is 5.73 Å². The highest BCUT2D eigenvalue weighted by atomic mass is 19.4. The maximum Gasteiger partial charge on any atom is 0.411 e. The van der Waals surface area contributed by atoms with Crippen molar-refractivity contribution in [3.05, 3.63) is 23.9 Å². The maximum absolute atomic E-state index is 13.2. The molecule has 0 aromatic carbocycles. The number of primary amides is 1. The van der Waals surface area contributed by atoms with Gasteiger partial charge in [0.2, 0.25) is 5.91 Å².